The molecule has 1 aromatic carbocycles. The van der Waals surface area contributed by atoms with E-state index in [1.54, 1.807) is 23.1 Å². The summed E-state index contributed by atoms with van der Waals surface area (Å²) in [6.45, 7) is 4.46. The molecule has 5 heteroatoms. The molecular weight excluding hydrogens is 309 g/mol. The molecule has 0 fully saturated rings. The zero-order valence-corrected chi connectivity index (χ0v) is 12.8. The molecule has 0 aliphatic carbocycles. The Hall–Kier alpha value is -1.65. The summed E-state index contributed by atoms with van der Waals surface area (Å²) in [6.07, 6.45) is 1.29. The first-order chi connectivity index (χ1) is 10.1. The molecule has 1 atom stereocenters. The van der Waals surface area contributed by atoms with E-state index in [1.807, 2.05) is 6.07 Å². The van der Waals surface area contributed by atoms with E-state index in [4.69, 9.17) is 11.6 Å². The molecule has 108 valence electrons. The van der Waals surface area contributed by atoms with Gasteiger partial charge in [-0.25, -0.2) is 4.39 Å². The highest BCUT2D eigenvalue weighted by Gasteiger charge is 2.31. The first-order valence-corrected chi connectivity index (χ1v) is 7.73. The zero-order chi connectivity index (χ0) is 15.0. The molecule has 1 aliphatic rings. The monoisotopic (exact) mass is 321 g/mol. The molecule has 0 saturated carbocycles. The Morgan fingerprint density at radius 3 is 2.90 bits per heavy atom. The van der Waals surface area contributed by atoms with Gasteiger partial charge in [0, 0.05) is 17.3 Å². The highest BCUT2D eigenvalue weighted by Crippen LogP contribution is 2.40. The minimum Gasteiger partial charge on any atom is -0.333 e. The Morgan fingerprint density at radius 2 is 2.19 bits per heavy atom. The molecule has 0 unspecified atom stereocenters. The van der Waals surface area contributed by atoms with Crippen LogP contribution in [0.1, 0.15) is 21.9 Å². The average Bonchev–Trinajstić information content (AvgIpc) is 2.86. The molecule has 1 amide bonds. The lowest BCUT2D eigenvalue weighted by Crippen LogP contribution is -2.37. The third-order valence-corrected chi connectivity index (χ3v) is 4.96. The van der Waals surface area contributed by atoms with Crippen LogP contribution >= 0.6 is 22.9 Å². The summed E-state index contributed by atoms with van der Waals surface area (Å²) in [7, 11) is 0. The van der Waals surface area contributed by atoms with Crippen molar-refractivity contribution in [1.82, 2.24) is 4.90 Å². The average molecular weight is 322 g/mol. The van der Waals surface area contributed by atoms with Crippen LogP contribution in [0.5, 0.6) is 0 Å². The molecule has 0 saturated heterocycles. The van der Waals surface area contributed by atoms with Crippen molar-refractivity contribution in [3.8, 4) is 0 Å². The van der Waals surface area contributed by atoms with E-state index >= 15 is 0 Å². The molecule has 21 heavy (non-hydrogen) atoms. The van der Waals surface area contributed by atoms with E-state index in [0.717, 1.165) is 10.4 Å². The summed E-state index contributed by atoms with van der Waals surface area (Å²) in [5, 5.41) is 0. The number of benzene rings is 1. The SMILES string of the molecule is C=CC(=O)N1Cc2sc(Cl)cc2[C@H](c2ccccc2F)C1. The number of hydrogen-bond acceptors (Lipinski definition) is 2. The van der Waals surface area contributed by atoms with Gasteiger partial charge in [-0.1, -0.05) is 36.4 Å². The van der Waals surface area contributed by atoms with Gasteiger partial charge in [0.2, 0.25) is 5.91 Å². The van der Waals surface area contributed by atoms with Gasteiger partial charge in [0.1, 0.15) is 5.82 Å². The summed E-state index contributed by atoms with van der Waals surface area (Å²) >= 11 is 7.55. The quantitative estimate of drug-likeness (QED) is 0.759. The van der Waals surface area contributed by atoms with E-state index in [1.165, 1.54) is 23.5 Å². The number of carbonyl (C=O) groups is 1. The van der Waals surface area contributed by atoms with Gasteiger partial charge in [-0.2, -0.15) is 0 Å². The van der Waals surface area contributed by atoms with E-state index in [0.29, 0.717) is 23.0 Å². The molecule has 2 heterocycles. The van der Waals surface area contributed by atoms with E-state index in [2.05, 4.69) is 6.58 Å². The highest BCUT2D eigenvalue weighted by atomic mass is 35.5. The summed E-state index contributed by atoms with van der Waals surface area (Å²) in [6, 6.07) is 8.55. The maximum absolute atomic E-state index is 14.1. The van der Waals surface area contributed by atoms with Crippen LogP contribution in [0.4, 0.5) is 4.39 Å². The number of halogens is 2. The minimum absolute atomic E-state index is 0.147. The number of fused-ring (bicyclic) bond motifs is 1. The molecule has 2 aromatic rings. The van der Waals surface area contributed by atoms with Gasteiger partial charge in [-0.15, -0.1) is 11.3 Å². The van der Waals surface area contributed by atoms with Gasteiger partial charge >= 0.3 is 0 Å². The third-order valence-electron chi connectivity index (χ3n) is 3.69. The first kappa shape index (κ1) is 14.3. The fraction of sp³-hybridized carbons (Fsp3) is 0.188. The Bertz CT molecular complexity index is 712. The number of hydrogen-bond donors (Lipinski definition) is 0. The number of rotatable bonds is 2. The van der Waals surface area contributed by atoms with Crippen molar-refractivity contribution < 1.29 is 9.18 Å². The standard InChI is InChI=1S/C16H13ClFNOS/c1-2-16(20)19-8-12(10-5-3-4-6-13(10)18)11-7-15(17)21-14(11)9-19/h2-7,12H,1,8-9H2/t12-/m0/s1. The van der Waals surface area contributed by atoms with Crippen molar-refractivity contribution in [3.05, 3.63) is 69.1 Å². The number of carbonyl (C=O) groups excluding carboxylic acids is 1. The van der Waals surface area contributed by atoms with Gasteiger partial charge in [-0.3, -0.25) is 4.79 Å². The maximum Gasteiger partial charge on any atom is 0.246 e. The number of thiophene rings is 1. The first-order valence-electron chi connectivity index (χ1n) is 6.54. The van der Waals surface area contributed by atoms with Crippen molar-refractivity contribution in [3.63, 3.8) is 0 Å². The second-order valence-electron chi connectivity index (χ2n) is 4.93. The molecule has 0 spiro atoms. The van der Waals surface area contributed by atoms with E-state index < -0.39 is 0 Å². The van der Waals surface area contributed by atoms with Crippen molar-refractivity contribution in [1.29, 1.82) is 0 Å². The molecule has 0 radical (unpaired) electrons. The number of nitrogens with zero attached hydrogens (tertiary/aromatic N) is 1. The van der Waals surface area contributed by atoms with Crippen LogP contribution in [0.25, 0.3) is 0 Å². The largest absolute Gasteiger partial charge is 0.333 e. The van der Waals surface area contributed by atoms with Gasteiger partial charge in [0.05, 0.1) is 10.9 Å². The van der Waals surface area contributed by atoms with Crippen LogP contribution in [0.3, 0.4) is 0 Å². The lowest BCUT2D eigenvalue weighted by molar-refractivity contribution is -0.127. The predicted octanol–water partition coefficient (Wildman–Crippen LogP) is 4.20. The van der Waals surface area contributed by atoms with Crippen LogP contribution in [0.15, 0.2) is 43.0 Å². The number of amides is 1. The van der Waals surface area contributed by atoms with Crippen LogP contribution in [0.2, 0.25) is 4.34 Å². The highest BCUT2D eigenvalue weighted by molar-refractivity contribution is 7.16. The Balaban J connectivity index is 2.08. The lowest BCUT2D eigenvalue weighted by Gasteiger charge is -2.32. The van der Waals surface area contributed by atoms with Gasteiger partial charge in [0.25, 0.3) is 0 Å². The molecule has 0 N–H and O–H groups in total. The van der Waals surface area contributed by atoms with Crippen molar-refractivity contribution in [2.45, 2.75) is 12.5 Å². The second kappa shape index (κ2) is 5.62. The fourth-order valence-electron chi connectivity index (χ4n) is 2.70. The van der Waals surface area contributed by atoms with Crippen molar-refractivity contribution in [2.24, 2.45) is 0 Å². The molecule has 0 bridgehead atoms. The minimum atomic E-state index is -0.260. The molecule has 2 nitrogen and oxygen atoms in total. The van der Waals surface area contributed by atoms with Crippen LogP contribution < -0.4 is 0 Å². The molecule has 1 aliphatic heterocycles. The van der Waals surface area contributed by atoms with Crippen LogP contribution in [-0.4, -0.2) is 17.4 Å². The van der Waals surface area contributed by atoms with Crippen LogP contribution in [0, 0.1) is 5.82 Å². The van der Waals surface area contributed by atoms with Gasteiger partial charge in [0.15, 0.2) is 0 Å². The molecule has 3 rings (SSSR count). The van der Waals surface area contributed by atoms with E-state index in [-0.39, 0.29) is 17.6 Å². The van der Waals surface area contributed by atoms with Crippen molar-refractivity contribution >= 4 is 28.8 Å². The smallest absolute Gasteiger partial charge is 0.246 e. The summed E-state index contributed by atoms with van der Waals surface area (Å²) in [4.78, 5) is 14.6. The Labute approximate surface area is 131 Å². The Kier molecular flexibility index (Phi) is 3.83. The molecule has 1 aromatic heterocycles. The summed E-state index contributed by atoms with van der Waals surface area (Å²) in [5.74, 6) is -0.599. The predicted molar refractivity (Wildman–Crippen MR) is 83.2 cm³/mol. The normalized spacial score (nSPS) is 17.4. The summed E-state index contributed by atoms with van der Waals surface area (Å²) < 4.78 is 14.8. The second-order valence-corrected chi connectivity index (χ2v) is 6.69. The topological polar surface area (TPSA) is 20.3 Å². The van der Waals surface area contributed by atoms with Gasteiger partial charge < -0.3 is 4.90 Å². The lowest BCUT2D eigenvalue weighted by atomic mass is 9.88. The van der Waals surface area contributed by atoms with Crippen LogP contribution in [-0.2, 0) is 11.3 Å². The maximum atomic E-state index is 14.1. The Morgan fingerprint density at radius 1 is 1.43 bits per heavy atom. The van der Waals surface area contributed by atoms with Crippen molar-refractivity contribution in [2.75, 3.05) is 6.54 Å². The zero-order valence-electron chi connectivity index (χ0n) is 11.2. The fourth-order valence-corrected chi connectivity index (χ4v) is 4.06. The van der Waals surface area contributed by atoms with Gasteiger partial charge in [-0.05, 0) is 29.3 Å². The molecular formula is C16H13ClFNOS. The summed E-state index contributed by atoms with van der Waals surface area (Å²) in [5.41, 5.74) is 1.61. The third kappa shape index (κ3) is 2.61. The van der Waals surface area contributed by atoms with E-state index in [9.17, 15) is 9.18 Å².